The van der Waals surface area contributed by atoms with E-state index in [1.165, 1.54) is 11.8 Å². The second-order valence-electron chi connectivity index (χ2n) is 4.43. The van der Waals surface area contributed by atoms with Crippen LogP contribution in [0.4, 0.5) is 5.82 Å². The number of nitrogens with zero attached hydrogens (tertiary/aromatic N) is 3. The van der Waals surface area contributed by atoms with Gasteiger partial charge >= 0.3 is 0 Å². The van der Waals surface area contributed by atoms with Crippen LogP contribution in [0.3, 0.4) is 0 Å². The third kappa shape index (κ3) is 2.14. The molecule has 0 bridgehead atoms. The first-order valence-electron chi connectivity index (χ1n) is 6.38. The van der Waals surface area contributed by atoms with Gasteiger partial charge in [-0.1, -0.05) is 22.9 Å². The molecule has 3 rings (SSSR count). The summed E-state index contributed by atoms with van der Waals surface area (Å²) in [6.07, 6.45) is 0. The average Bonchev–Trinajstić information content (AvgIpc) is 2.99. The minimum Gasteiger partial charge on any atom is -0.268 e. The van der Waals surface area contributed by atoms with E-state index in [4.69, 9.17) is 0 Å². The highest BCUT2D eigenvalue weighted by atomic mass is 79.9. The number of thioether (sulfide) groups is 1. The third-order valence-electron chi connectivity index (χ3n) is 3.18. The van der Waals surface area contributed by atoms with Crippen LogP contribution in [0.5, 0.6) is 0 Å². The number of halogens is 1. The fourth-order valence-corrected chi connectivity index (χ4v) is 3.27. The minimum absolute atomic E-state index is 0.126. The van der Waals surface area contributed by atoms with Crippen molar-refractivity contribution in [1.82, 2.24) is 10.2 Å². The number of fused-ring (bicyclic) bond motifs is 1. The van der Waals surface area contributed by atoms with Gasteiger partial charge in [-0.25, -0.2) is 4.90 Å². The number of rotatable bonds is 3. The highest BCUT2D eigenvalue weighted by Gasteiger charge is 2.39. The molecule has 2 amide bonds. The van der Waals surface area contributed by atoms with Gasteiger partial charge in [0.1, 0.15) is 16.7 Å². The molecular formula is C14H9BrN4O2S. The molecule has 1 aromatic heterocycles. The van der Waals surface area contributed by atoms with Gasteiger partial charge in [0.15, 0.2) is 5.82 Å². The number of carbonyl (C=O) groups is 2. The predicted octanol–water partition coefficient (Wildman–Crippen LogP) is 2.96. The van der Waals surface area contributed by atoms with Gasteiger partial charge in [-0.05, 0) is 24.0 Å². The van der Waals surface area contributed by atoms with Crippen LogP contribution in [0.25, 0.3) is 0 Å². The first kappa shape index (κ1) is 14.8. The summed E-state index contributed by atoms with van der Waals surface area (Å²) < 4.78 is 0.710. The number of carbonyl (C=O) groups excluding carboxylic acids is 2. The number of nitriles is 1. The maximum atomic E-state index is 12.5. The normalized spacial score (nSPS) is 13.4. The minimum atomic E-state index is -0.463. The molecule has 0 saturated carbocycles. The van der Waals surface area contributed by atoms with Crippen molar-refractivity contribution in [2.24, 2.45) is 0 Å². The molecule has 2 heterocycles. The van der Waals surface area contributed by atoms with Crippen molar-refractivity contribution in [3.63, 3.8) is 0 Å². The van der Waals surface area contributed by atoms with Crippen LogP contribution in [0.15, 0.2) is 27.7 Å². The average molecular weight is 377 g/mol. The zero-order valence-corrected chi connectivity index (χ0v) is 13.8. The smallest absolute Gasteiger partial charge is 0.267 e. The number of nitrogens with one attached hydrogen (secondary N) is 1. The largest absolute Gasteiger partial charge is 0.268 e. The van der Waals surface area contributed by atoms with E-state index < -0.39 is 11.8 Å². The van der Waals surface area contributed by atoms with Crippen LogP contribution in [-0.2, 0) is 0 Å². The molecule has 1 aromatic carbocycles. The summed E-state index contributed by atoms with van der Waals surface area (Å²) in [7, 11) is 0. The standard InChI is InChI=1S/C14H9BrN4O2S/c1-2-22-12-10(6-16)11(17-18-12)19-13(20)8-4-3-7(15)5-9(8)14(19)21/h3-5H,2H2,1H3,(H,17,18). The molecule has 0 fully saturated rings. The first-order valence-corrected chi connectivity index (χ1v) is 8.16. The van der Waals surface area contributed by atoms with E-state index in [2.05, 4.69) is 26.1 Å². The van der Waals surface area contributed by atoms with Gasteiger partial charge in [-0.3, -0.25) is 14.7 Å². The predicted molar refractivity (Wildman–Crippen MR) is 85.0 cm³/mol. The second-order valence-corrected chi connectivity index (χ2v) is 6.60. The number of amides is 2. The first-order chi connectivity index (χ1) is 10.6. The number of aromatic amines is 1. The van der Waals surface area contributed by atoms with Crippen LogP contribution in [0, 0.1) is 11.3 Å². The quantitative estimate of drug-likeness (QED) is 0.656. The van der Waals surface area contributed by atoms with E-state index in [0.717, 1.165) is 10.7 Å². The van der Waals surface area contributed by atoms with E-state index in [0.29, 0.717) is 20.6 Å². The molecule has 0 unspecified atom stereocenters. The van der Waals surface area contributed by atoms with Gasteiger partial charge in [0, 0.05) is 4.47 Å². The summed E-state index contributed by atoms with van der Waals surface area (Å²) in [4.78, 5) is 26.0. The van der Waals surface area contributed by atoms with Crippen molar-refractivity contribution in [1.29, 1.82) is 5.26 Å². The number of imide groups is 1. The summed E-state index contributed by atoms with van der Waals surface area (Å²) in [5.74, 6) is -0.0652. The highest BCUT2D eigenvalue weighted by Crippen LogP contribution is 2.34. The molecular weight excluding hydrogens is 368 g/mol. The van der Waals surface area contributed by atoms with Crippen molar-refractivity contribution in [2.45, 2.75) is 11.9 Å². The fraction of sp³-hybridized carbons (Fsp3) is 0.143. The molecule has 8 heteroatoms. The molecule has 0 aliphatic carbocycles. The summed E-state index contributed by atoms with van der Waals surface area (Å²) in [6.45, 7) is 1.93. The molecule has 6 nitrogen and oxygen atoms in total. The molecule has 0 atom stereocenters. The van der Waals surface area contributed by atoms with E-state index in [1.54, 1.807) is 18.2 Å². The monoisotopic (exact) mass is 376 g/mol. The number of anilines is 1. The van der Waals surface area contributed by atoms with Gasteiger partial charge in [0.2, 0.25) is 0 Å². The van der Waals surface area contributed by atoms with E-state index in [-0.39, 0.29) is 11.4 Å². The Morgan fingerprint density at radius 2 is 2.09 bits per heavy atom. The number of benzene rings is 1. The Morgan fingerprint density at radius 3 is 2.77 bits per heavy atom. The number of H-pyrrole nitrogens is 1. The van der Waals surface area contributed by atoms with Gasteiger partial charge in [0.05, 0.1) is 11.1 Å². The number of hydrogen-bond donors (Lipinski definition) is 1. The highest BCUT2D eigenvalue weighted by molar-refractivity contribution is 9.10. The molecule has 110 valence electrons. The van der Waals surface area contributed by atoms with Gasteiger partial charge < -0.3 is 0 Å². The lowest BCUT2D eigenvalue weighted by Crippen LogP contribution is -2.30. The molecule has 2 aromatic rings. The topological polar surface area (TPSA) is 89.8 Å². The van der Waals surface area contributed by atoms with Crippen LogP contribution in [0.1, 0.15) is 33.2 Å². The van der Waals surface area contributed by atoms with Crippen LogP contribution < -0.4 is 4.90 Å². The summed E-state index contributed by atoms with van der Waals surface area (Å²) >= 11 is 4.66. The SMILES string of the molecule is CCSc1n[nH]c(N2C(=O)c3ccc(Br)cc3C2=O)c1C#N. The van der Waals surface area contributed by atoms with E-state index in [9.17, 15) is 14.9 Å². The lowest BCUT2D eigenvalue weighted by atomic mass is 10.1. The molecule has 0 saturated heterocycles. The van der Waals surface area contributed by atoms with Gasteiger partial charge in [-0.15, -0.1) is 11.8 Å². The van der Waals surface area contributed by atoms with Crippen molar-refractivity contribution in [3.05, 3.63) is 39.4 Å². The molecule has 0 radical (unpaired) electrons. The van der Waals surface area contributed by atoms with Gasteiger partial charge in [-0.2, -0.15) is 10.4 Å². The zero-order valence-electron chi connectivity index (χ0n) is 11.4. The molecule has 1 aliphatic rings. The lowest BCUT2D eigenvalue weighted by Gasteiger charge is -2.11. The molecule has 22 heavy (non-hydrogen) atoms. The van der Waals surface area contributed by atoms with Crippen molar-refractivity contribution < 1.29 is 9.59 Å². The Morgan fingerprint density at radius 1 is 1.36 bits per heavy atom. The Labute approximate surface area is 138 Å². The Balaban J connectivity index is 2.10. The van der Waals surface area contributed by atoms with Crippen LogP contribution >= 0.6 is 27.7 Å². The van der Waals surface area contributed by atoms with Gasteiger partial charge in [0.25, 0.3) is 11.8 Å². The number of aromatic nitrogens is 2. The summed E-state index contributed by atoms with van der Waals surface area (Å²) in [5, 5.41) is 16.5. The maximum absolute atomic E-state index is 12.5. The van der Waals surface area contributed by atoms with Crippen molar-refractivity contribution in [3.8, 4) is 6.07 Å². The summed E-state index contributed by atoms with van der Waals surface area (Å²) in [6, 6.07) is 6.90. The molecule has 1 aliphatic heterocycles. The Kier molecular flexibility index (Phi) is 3.76. The third-order valence-corrected chi connectivity index (χ3v) is 4.53. The Bertz CT molecular complexity index is 840. The molecule has 0 spiro atoms. The second kappa shape index (κ2) is 5.59. The van der Waals surface area contributed by atoms with Crippen molar-refractivity contribution >= 4 is 45.3 Å². The van der Waals surface area contributed by atoms with E-state index >= 15 is 0 Å². The van der Waals surface area contributed by atoms with Crippen LogP contribution in [-0.4, -0.2) is 27.8 Å². The lowest BCUT2D eigenvalue weighted by molar-refractivity contribution is 0.0925. The van der Waals surface area contributed by atoms with Crippen LogP contribution in [0.2, 0.25) is 0 Å². The summed E-state index contributed by atoms with van der Waals surface area (Å²) in [5.41, 5.74) is 0.833. The Hall–Kier alpha value is -2.11. The zero-order chi connectivity index (χ0) is 15.9. The molecule has 1 N–H and O–H groups in total. The number of hydrogen-bond acceptors (Lipinski definition) is 5. The maximum Gasteiger partial charge on any atom is 0.267 e. The van der Waals surface area contributed by atoms with Crippen molar-refractivity contribution in [2.75, 3.05) is 10.7 Å². The van der Waals surface area contributed by atoms with E-state index in [1.807, 2.05) is 13.0 Å². The fourth-order valence-electron chi connectivity index (χ4n) is 2.24.